The summed E-state index contributed by atoms with van der Waals surface area (Å²) in [5.41, 5.74) is 1.98. The minimum Gasteiger partial charge on any atom is -0.471 e. The van der Waals surface area contributed by atoms with Crippen LogP contribution in [0.2, 0.25) is 0 Å². The molecule has 0 aliphatic heterocycles. The van der Waals surface area contributed by atoms with Gasteiger partial charge in [0.25, 0.3) is 21.0 Å². The first-order valence-corrected chi connectivity index (χ1v) is 15.9. The van der Waals surface area contributed by atoms with Crippen LogP contribution in [0.1, 0.15) is 37.5 Å². The second-order valence-electron chi connectivity index (χ2n) is 11.1. The number of carbonyl (C=O) groups excluding carboxylic acids is 1. The van der Waals surface area contributed by atoms with E-state index in [-0.39, 0.29) is 53.3 Å². The Morgan fingerprint density at radius 1 is 0.917 bits per heavy atom. The second kappa shape index (κ2) is 15.9. The fourth-order valence-corrected chi connectivity index (χ4v) is 5.16. The molecule has 0 aliphatic carbocycles. The van der Waals surface area contributed by atoms with E-state index < -0.39 is 21.3 Å². The van der Waals surface area contributed by atoms with E-state index in [1.807, 2.05) is 26.8 Å². The molecule has 0 spiro atoms. The maximum Gasteiger partial charge on any atom is 0.513 e. The van der Waals surface area contributed by atoms with Gasteiger partial charge in [0.05, 0.1) is 11.5 Å². The number of hydrogen-bond donors (Lipinski definition) is 1. The number of anilines is 1. The molecule has 0 fully saturated rings. The molecule has 1 aromatic heterocycles. The summed E-state index contributed by atoms with van der Waals surface area (Å²) in [5.74, 6) is -0.0719. The number of sulfonamides is 1. The predicted molar refractivity (Wildman–Crippen MR) is 171 cm³/mol. The summed E-state index contributed by atoms with van der Waals surface area (Å²) in [5, 5.41) is 9.49. The Bertz CT molecular complexity index is 1830. The SMILES string of the molecule is COCc1cccc(Oc2c(NS(=O)(=O)c3ccc(C(C)(C)C)cc3)ncnc2OCCOC(=O)Oc2cccc(CO[N+](=O)[O-])c2)c1. The van der Waals surface area contributed by atoms with Crippen LogP contribution in [0.5, 0.6) is 23.1 Å². The molecular weight excluding hydrogens is 648 g/mol. The van der Waals surface area contributed by atoms with Crippen LogP contribution in [0.15, 0.2) is 84.0 Å². The molecule has 0 atom stereocenters. The van der Waals surface area contributed by atoms with E-state index >= 15 is 0 Å². The van der Waals surface area contributed by atoms with E-state index in [9.17, 15) is 23.3 Å². The van der Waals surface area contributed by atoms with Crippen molar-refractivity contribution >= 4 is 22.0 Å². The van der Waals surface area contributed by atoms with Crippen LogP contribution >= 0.6 is 0 Å². The molecule has 0 saturated heterocycles. The highest BCUT2D eigenvalue weighted by atomic mass is 32.2. The van der Waals surface area contributed by atoms with Crippen molar-refractivity contribution in [3.8, 4) is 23.1 Å². The normalized spacial score (nSPS) is 11.3. The van der Waals surface area contributed by atoms with Crippen molar-refractivity contribution in [3.63, 3.8) is 0 Å². The largest absolute Gasteiger partial charge is 0.513 e. The zero-order valence-electron chi connectivity index (χ0n) is 26.6. The minimum atomic E-state index is -4.12. The minimum absolute atomic E-state index is 0.00683. The van der Waals surface area contributed by atoms with E-state index in [1.165, 1.54) is 30.3 Å². The molecule has 0 aliphatic rings. The Kier molecular flexibility index (Phi) is 11.7. The van der Waals surface area contributed by atoms with Gasteiger partial charge in [-0.1, -0.05) is 57.2 Å². The van der Waals surface area contributed by atoms with Crippen molar-refractivity contribution in [1.29, 1.82) is 0 Å². The van der Waals surface area contributed by atoms with Crippen LogP contribution in [-0.4, -0.2) is 50.0 Å². The Labute approximate surface area is 276 Å². The van der Waals surface area contributed by atoms with E-state index in [2.05, 4.69) is 19.5 Å². The first-order valence-electron chi connectivity index (χ1n) is 14.4. The third-order valence-corrected chi connectivity index (χ3v) is 7.80. The average molecular weight is 683 g/mol. The van der Waals surface area contributed by atoms with E-state index in [4.69, 9.17) is 23.7 Å². The van der Waals surface area contributed by atoms with Crippen LogP contribution in [-0.2, 0) is 43.0 Å². The van der Waals surface area contributed by atoms with Crippen molar-refractivity contribution in [1.82, 2.24) is 9.97 Å². The fraction of sp³-hybridized carbons (Fsp3) is 0.281. The van der Waals surface area contributed by atoms with Gasteiger partial charge in [0.2, 0.25) is 5.75 Å². The lowest BCUT2D eigenvalue weighted by molar-refractivity contribution is -0.763. The molecule has 1 heterocycles. The molecule has 0 bridgehead atoms. The summed E-state index contributed by atoms with van der Waals surface area (Å²) in [7, 11) is -2.57. The van der Waals surface area contributed by atoms with Crippen molar-refractivity contribution in [2.24, 2.45) is 0 Å². The highest BCUT2D eigenvalue weighted by Gasteiger charge is 2.23. The lowest BCUT2D eigenvalue weighted by Gasteiger charge is -2.19. The van der Waals surface area contributed by atoms with Gasteiger partial charge in [0, 0.05) is 7.11 Å². The molecular formula is C32H34N4O11S. The summed E-state index contributed by atoms with van der Waals surface area (Å²) in [4.78, 5) is 35.2. The molecule has 4 rings (SSSR count). The third kappa shape index (κ3) is 10.3. The van der Waals surface area contributed by atoms with Gasteiger partial charge in [0.15, 0.2) is 5.82 Å². The van der Waals surface area contributed by atoms with Gasteiger partial charge in [-0.05, 0) is 58.5 Å². The third-order valence-electron chi connectivity index (χ3n) is 6.44. The van der Waals surface area contributed by atoms with E-state index in [0.29, 0.717) is 17.9 Å². The summed E-state index contributed by atoms with van der Waals surface area (Å²) in [6, 6.07) is 19.3. The first kappa shape index (κ1) is 35.4. The average Bonchev–Trinajstić information content (AvgIpc) is 3.03. The number of hydrogen-bond acceptors (Lipinski definition) is 13. The van der Waals surface area contributed by atoms with E-state index in [1.54, 1.807) is 43.5 Å². The molecule has 254 valence electrons. The number of methoxy groups -OCH3 is 1. The molecule has 48 heavy (non-hydrogen) atoms. The van der Waals surface area contributed by atoms with Crippen molar-refractivity contribution in [2.75, 3.05) is 25.0 Å². The van der Waals surface area contributed by atoms with Crippen molar-refractivity contribution < 1.29 is 46.8 Å². The standard InChI is InChI=1S/C32H34N4O11S/c1-32(2,3)24-11-13-27(14-12-24)48(40,41)35-29-28(46-25-9-5-7-22(17-25)19-42-4)30(34-21-33-29)43-15-16-44-31(37)47-26-10-6-8-23(18-26)20-45-36(38)39/h5-14,17-18,21H,15-16,19-20H2,1-4H3,(H,33,34,35). The van der Waals surface area contributed by atoms with E-state index in [0.717, 1.165) is 17.5 Å². The Morgan fingerprint density at radius 2 is 1.58 bits per heavy atom. The predicted octanol–water partition coefficient (Wildman–Crippen LogP) is 5.82. The van der Waals surface area contributed by atoms with Gasteiger partial charge in [-0.2, -0.15) is 4.98 Å². The summed E-state index contributed by atoms with van der Waals surface area (Å²) < 4.78 is 56.4. The van der Waals surface area contributed by atoms with Crippen molar-refractivity contribution in [3.05, 3.63) is 106 Å². The number of carbonyl (C=O) groups is 1. The maximum atomic E-state index is 13.4. The van der Waals surface area contributed by atoms with Crippen LogP contribution in [0, 0.1) is 10.1 Å². The summed E-state index contributed by atoms with van der Waals surface area (Å²) in [6.45, 7) is 5.52. The maximum absolute atomic E-state index is 13.4. The number of rotatable bonds is 15. The van der Waals surface area contributed by atoms with Gasteiger partial charge in [0.1, 0.15) is 37.6 Å². The number of benzene rings is 3. The van der Waals surface area contributed by atoms with Gasteiger partial charge in [-0.3, -0.25) is 4.72 Å². The van der Waals surface area contributed by atoms with Crippen LogP contribution in [0.4, 0.5) is 10.6 Å². The molecule has 16 heteroatoms. The van der Waals surface area contributed by atoms with Gasteiger partial charge < -0.3 is 28.5 Å². The van der Waals surface area contributed by atoms with Crippen LogP contribution in [0.25, 0.3) is 0 Å². The van der Waals surface area contributed by atoms with Gasteiger partial charge in [-0.25, -0.2) is 18.2 Å². The quantitative estimate of drug-likeness (QED) is 0.0520. The number of nitrogens with one attached hydrogen (secondary N) is 1. The highest BCUT2D eigenvalue weighted by Crippen LogP contribution is 2.37. The van der Waals surface area contributed by atoms with Gasteiger partial charge >= 0.3 is 6.16 Å². The van der Waals surface area contributed by atoms with Crippen LogP contribution in [0.3, 0.4) is 0 Å². The number of ether oxygens (including phenoxy) is 5. The molecule has 3 aromatic carbocycles. The Balaban J connectivity index is 1.49. The molecule has 0 saturated carbocycles. The Hall–Kier alpha value is -5.48. The lowest BCUT2D eigenvalue weighted by Crippen LogP contribution is -2.18. The molecule has 0 amide bonds. The summed E-state index contributed by atoms with van der Waals surface area (Å²) in [6.07, 6.45) is 0.0282. The zero-order valence-corrected chi connectivity index (χ0v) is 27.4. The Morgan fingerprint density at radius 3 is 2.25 bits per heavy atom. The van der Waals surface area contributed by atoms with Crippen molar-refractivity contribution in [2.45, 2.75) is 44.3 Å². The molecule has 4 aromatic rings. The summed E-state index contributed by atoms with van der Waals surface area (Å²) >= 11 is 0. The molecule has 0 unspecified atom stereocenters. The first-order chi connectivity index (χ1) is 22.8. The number of nitrogens with zero attached hydrogens (tertiary/aromatic N) is 3. The topological polar surface area (TPSA) is 188 Å². The molecule has 0 radical (unpaired) electrons. The monoisotopic (exact) mass is 682 g/mol. The number of aromatic nitrogens is 2. The highest BCUT2D eigenvalue weighted by molar-refractivity contribution is 7.92. The molecule has 1 N–H and O–H groups in total. The van der Waals surface area contributed by atoms with Gasteiger partial charge in [-0.15, -0.1) is 10.1 Å². The lowest BCUT2D eigenvalue weighted by atomic mass is 9.87. The van der Waals surface area contributed by atoms with Crippen LogP contribution < -0.4 is 18.9 Å². The smallest absolute Gasteiger partial charge is 0.471 e. The zero-order chi connectivity index (χ0) is 34.7. The fourth-order valence-electron chi connectivity index (χ4n) is 4.14. The molecule has 15 nitrogen and oxygen atoms in total. The second-order valence-corrected chi connectivity index (χ2v) is 12.8.